The molecule has 24 heavy (non-hydrogen) atoms. The number of carbonyl (C=O) groups is 1. The van der Waals surface area contributed by atoms with Gasteiger partial charge in [-0.25, -0.2) is 9.48 Å². The Kier molecular flexibility index (Phi) is 4.26. The van der Waals surface area contributed by atoms with Gasteiger partial charge in [-0.05, 0) is 31.7 Å². The van der Waals surface area contributed by atoms with E-state index in [-0.39, 0.29) is 17.7 Å². The van der Waals surface area contributed by atoms with Crippen LogP contribution >= 0.6 is 0 Å². The molecule has 0 radical (unpaired) electrons. The summed E-state index contributed by atoms with van der Waals surface area (Å²) in [4.78, 5) is 25.8. The highest BCUT2D eigenvalue weighted by atomic mass is 16.5. The summed E-state index contributed by atoms with van der Waals surface area (Å²) in [6.45, 7) is 3.34. The summed E-state index contributed by atoms with van der Waals surface area (Å²) in [5, 5.41) is 7.42. The van der Waals surface area contributed by atoms with Gasteiger partial charge in [-0.15, -0.1) is 0 Å². The predicted molar refractivity (Wildman–Crippen MR) is 87.9 cm³/mol. The summed E-state index contributed by atoms with van der Waals surface area (Å²) >= 11 is 0. The third-order valence-electron chi connectivity index (χ3n) is 5.06. The molecule has 3 heterocycles. The van der Waals surface area contributed by atoms with Crippen molar-refractivity contribution in [3.63, 3.8) is 0 Å². The maximum Gasteiger partial charge on any atom is 0.317 e. The molecule has 7 heteroatoms. The maximum atomic E-state index is 12.1. The van der Waals surface area contributed by atoms with Crippen molar-refractivity contribution >= 4 is 6.03 Å². The Morgan fingerprint density at radius 3 is 2.83 bits per heavy atom. The number of hydrogen-bond donors (Lipinski definition) is 1. The van der Waals surface area contributed by atoms with Gasteiger partial charge in [0, 0.05) is 44.1 Å². The largest absolute Gasteiger partial charge is 0.376 e. The van der Waals surface area contributed by atoms with Crippen LogP contribution in [0.4, 0.5) is 4.79 Å². The Bertz CT molecular complexity index is 658. The van der Waals surface area contributed by atoms with Crippen molar-refractivity contribution in [3.8, 4) is 0 Å². The maximum absolute atomic E-state index is 12.1. The second-order valence-corrected chi connectivity index (χ2v) is 7.14. The van der Waals surface area contributed by atoms with E-state index in [1.54, 1.807) is 15.6 Å². The van der Waals surface area contributed by atoms with Crippen LogP contribution in [0.2, 0.25) is 0 Å². The molecule has 130 valence electrons. The van der Waals surface area contributed by atoms with Crippen molar-refractivity contribution < 1.29 is 9.53 Å². The third kappa shape index (κ3) is 3.45. The second-order valence-electron chi connectivity index (χ2n) is 7.14. The van der Waals surface area contributed by atoms with Crippen LogP contribution in [0.25, 0.3) is 0 Å². The van der Waals surface area contributed by atoms with Crippen LogP contribution in [-0.4, -0.2) is 53.1 Å². The van der Waals surface area contributed by atoms with Gasteiger partial charge in [0.05, 0.1) is 18.3 Å². The van der Waals surface area contributed by atoms with Crippen LogP contribution in [0.15, 0.2) is 16.9 Å². The number of ether oxygens (including phenoxy) is 1. The molecule has 3 fully saturated rings. The molecule has 1 aromatic heterocycles. The number of carbonyl (C=O) groups excluding carboxylic acids is 1. The molecule has 2 saturated heterocycles. The zero-order valence-electron chi connectivity index (χ0n) is 13.8. The molecule has 1 saturated carbocycles. The molecule has 2 aliphatic heterocycles. The molecule has 0 aromatic carbocycles. The monoisotopic (exact) mass is 332 g/mol. The van der Waals surface area contributed by atoms with Crippen LogP contribution in [0, 0.1) is 5.92 Å². The number of nitrogens with zero attached hydrogens (tertiary/aromatic N) is 3. The van der Waals surface area contributed by atoms with Crippen molar-refractivity contribution in [2.24, 2.45) is 5.92 Å². The van der Waals surface area contributed by atoms with E-state index >= 15 is 0 Å². The zero-order chi connectivity index (χ0) is 16.5. The van der Waals surface area contributed by atoms with E-state index in [1.807, 2.05) is 6.07 Å². The molecule has 1 aliphatic carbocycles. The molecular formula is C17H24N4O3. The summed E-state index contributed by atoms with van der Waals surface area (Å²) in [6, 6.07) is 3.43. The van der Waals surface area contributed by atoms with E-state index in [0.29, 0.717) is 38.0 Å². The minimum atomic E-state index is -0.0549. The van der Waals surface area contributed by atoms with Gasteiger partial charge in [0.1, 0.15) is 0 Å². The summed E-state index contributed by atoms with van der Waals surface area (Å²) in [5.74, 6) is 0.844. The highest BCUT2D eigenvalue weighted by molar-refractivity contribution is 5.75. The van der Waals surface area contributed by atoms with Gasteiger partial charge in [0.2, 0.25) is 0 Å². The highest BCUT2D eigenvalue weighted by Gasteiger charge is 2.32. The van der Waals surface area contributed by atoms with Crippen molar-refractivity contribution in [3.05, 3.63) is 28.2 Å². The Morgan fingerprint density at radius 2 is 2.12 bits per heavy atom. The van der Waals surface area contributed by atoms with Gasteiger partial charge in [-0.3, -0.25) is 4.79 Å². The number of likely N-dealkylation sites (tertiary alicyclic amines) is 1. The van der Waals surface area contributed by atoms with Gasteiger partial charge in [0.15, 0.2) is 0 Å². The lowest BCUT2D eigenvalue weighted by Gasteiger charge is -2.39. The van der Waals surface area contributed by atoms with Crippen molar-refractivity contribution in [2.75, 3.05) is 26.2 Å². The van der Waals surface area contributed by atoms with Crippen LogP contribution in [0.1, 0.15) is 37.3 Å². The van der Waals surface area contributed by atoms with E-state index < -0.39 is 0 Å². The van der Waals surface area contributed by atoms with Crippen LogP contribution in [0.3, 0.4) is 0 Å². The number of hydrogen-bond acceptors (Lipinski definition) is 4. The topological polar surface area (TPSA) is 76.5 Å². The van der Waals surface area contributed by atoms with Gasteiger partial charge >= 0.3 is 6.03 Å². The van der Waals surface area contributed by atoms with E-state index in [2.05, 4.69) is 10.4 Å². The van der Waals surface area contributed by atoms with Crippen LogP contribution in [0.5, 0.6) is 0 Å². The average Bonchev–Trinajstić information content (AvgIpc) is 3.26. The summed E-state index contributed by atoms with van der Waals surface area (Å²) < 4.78 is 7.07. The fourth-order valence-corrected chi connectivity index (χ4v) is 3.41. The molecule has 4 rings (SSSR count). The van der Waals surface area contributed by atoms with Gasteiger partial charge < -0.3 is 15.0 Å². The Balaban J connectivity index is 1.24. The first-order valence-electron chi connectivity index (χ1n) is 8.91. The molecule has 3 aliphatic rings. The molecule has 0 spiro atoms. The summed E-state index contributed by atoms with van der Waals surface area (Å²) in [7, 11) is 0. The molecule has 1 unspecified atom stereocenters. The fraction of sp³-hybridized carbons (Fsp3) is 0.706. The normalized spacial score (nSPS) is 24.0. The lowest BCUT2D eigenvalue weighted by Crippen LogP contribution is -2.56. The molecule has 2 amide bonds. The van der Waals surface area contributed by atoms with Gasteiger partial charge in [0.25, 0.3) is 5.56 Å². The van der Waals surface area contributed by atoms with E-state index in [1.165, 1.54) is 12.8 Å². The lowest BCUT2D eigenvalue weighted by atomic mass is 10.0. The number of amides is 2. The quantitative estimate of drug-likeness (QED) is 0.871. The number of urea groups is 1. The fourth-order valence-electron chi connectivity index (χ4n) is 3.41. The standard InChI is InChI=1S/C17H24N4O3/c22-16-6-5-15(13-3-4-13)19-21(16)11-12-9-20(10-12)17(23)18-8-14-2-1-7-24-14/h5-6,12-14H,1-4,7-11H2,(H,18,23). The second kappa shape index (κ2) is 6.55. The minimum Gasteiger partial charge on any atom is -0.376 e. The first-order valence-corrected chi connectivity index (χ1v) is 8.91. The third-order valence-corrected chi connectivity index (χ3v) is 5.06. The lowest BCUT2D eigenvalue weighted by molar-refractivity contribution is 0.0913. The summed E-state index contributed by atoms with van der Waals surface area (Å²) in [5.41, 5.74) is 0.973. The van der Waals surface area contributed by atoms with Gasteiger partial charge in [-0.2, -0.15) is 5.10 Å². The number of nitrogens with one attached hydrogen (secondary N) is 1. The van der Waals surface area contributed by atoms with Crippen LogP contribution in [-0.2, 0) is 11.3 Å². The average molecular weight is 332 g/mol. The highest BCUT2D eigenvalue weighted by Crippen LogP contribution is 2.38. The Hall–Kier alpha value is -1.89. The predicted octanol–water partition coefficient (Wildman–Crippen LogP) is 0.941. The molecular weight excluding hydrogens is 308 g/mol. The number of aromatic nitrogens is 2. The van der Waals surface area contributed by atoms with Gasteiger partial charge in [-0.1, -0.05) is 0 Å². The SMILES string of the molecule is O=C(NCC1CCCO1)N1CC(Cn2nc(C3CC3)ccc2=O)C1. The van der Waals surface area contributed by atoms with E-state index in [9.17, 15) is 9.59 Å². The van der Waals surface area contributed by atoms with Crippen LogP contribution < -0.4 is 10.9 Å². The van der Waals surface area contributed by atoms with Crippen molar-refractivity contribution in [1.29, 1.82) is 0 Å². The molecule has 1 aromatic rings. The summed E-state index contributed by atoms with van der Waals surface area (Å²) in [6.07, 6.45) is 4.61. The molecule has 1 N–H and O–H groups in total. The zero-order valence-corrected chi connectivity index (χ0v) is 13.8. The molecule has 1 atom stereocenters. The smallest absolute Gasteiger partial charge is 0.317 e. The first kappa shape index (κ1) is 15.6. The van der Waals surface area contributed by atoms with E-state index in [0.717, 1.165) is 25.1 Å². The van der Waals surface area contributed by atoms with Crippen molar-refractivity contribution in [1.82, 2.24) is 20.0 Å². The Morgan fingerprint density at radius 1 is 1.29 bits per heavy atom. The number of rotatable bonds is 5. The van der Waals surface area contributed by atoms with E-state index in [4.69, 9.17) is 4.74 Å². The Labute approximate surface area is 141 Å². The van der Waals surface area contributed by atoms with Crippen molar-refractivity contribution in [2.45, 2.75) is 44.2 Å². The molecule has 0 bridgehead atoms. The first-order chi connectivity index (χ1) is 11.7. The minimum absolute atomic E-state index is 0.0335. The molecule has 7 nitrogen and oxygen atoms in total.